The molecule has 4 atom stereocenters. The fourth-order valence-electron chi connectivity index (χ4n) is 3.83. The molecule has 0 aromatic carbocycles. The first-order valence-corrected chi connectivity index (χ1v) is 9.19. The first-order chi connectivity index (χ1) is 10.2. The van der Waals surface area contributed by atoms with Crippen molar-refractivity contribution in [3.05, 3.63) is 22.4 Å². The maximum atomic E-state index is 12.4. The van der Waals surface area contributed by atoms with Crippen LogP contribution < -0.4 is 10.6 Å². The highest BCUT2D eigenvalue weighted by Gasteiger charge is 2.34. The number of carbonyl (C=O) groups excluding carboxylic acids is 1. The van der Waals surface area contributed by atoms with Crippen LogP contribution in [0, 0.1) is 5.92 Å². The number of thiophene rings is 1. The van der Waals surface area contributed by atoms with Crippen molar-refractivity contribution in [1.29, 1.82) is 0 Å². The van der Waals surface area contributed by atoms with E-state index < -0.39 is 0 Å². The molecule has 4 heteroatoms. The lowest BCUT2D eigenvalue weighted by molar-refractivity contribution is -0.125. The summed E-state index contributed by atoms with van der Waals surface area (Å²) >= 11 is 1.76. The van der Waals surface area contributed by atoms with Gasteiger partial charge in [-0.15, -0.1) is 11.3 Å². The molecule has 1 amide bonds. The zero-order valence-electron chi connectivity index (χ0n) is 12.8. The first-order valence-electron chi connectivity index (χ1n) is 8.31. The third-order valence-electron chi connectivity index (χ3n) is 4.94. The Morgan fingerprint density at radius 2 is 2.24 bits per heavy atom. The summed E-state index contributed by atoms with van der Waals surface area (Å²) in [7, 11) is 0. The van der Waals surface area contributed by atoms with Crippen molar-refractivity contribution in [3.63, 3.8) is 0 Å². The fraction of sp³-hybridized carbons (Fsp3) is 0.706. The lowest BCUT2D eigenvalue weighted by atomic mass is 9.77. The molecule has 4 unspecified atom stereocenters. The van der Waals surface area contributed by atoms with Crippen molar-refractivity contribution in [2.45, 2.75) is 70.0 Å². The summed E-state index contributed by atoms with van der Waals surface area (Å²) in [5.74, 6) is 1.01. The van der Waals surface area contributed by atoms with E-state index in [-0.39, 0.29) is 18.0 Å². The predicted molar refractivity (Wildman–Crippen MR) is 87.5 cm³/mol. The van der Waals surface area contributed by atoms with E-state index in [1.54, 1.807) is 11.3 Å². The van der Waals surface area contributed by atoms with Gasteiger partial charge < -0.3 is 10.6 Å². The van der Waals surface area contributed by atoms with Gasteiger partial charge in [0.15, 0.2) is 0 Å². The third kappa shape index (κ3) is 3.86. The van der Waals surface area contributed by atoms with Gasteiger partial charge in [0.2, 0.25) is 5.91 Å². The molecule has 1 saturated carbocycles. The van der Waals surface area contributed by atoms with Gasteiger partial charge in [-0.05, 0) is 50.0 Å². The topological polar surface area (TPSA) is 41.1 Å². The Hall–Kier alpha value is -0.870. The van der Waals surface area contributed by atoms with Crippen LogP contribution in [0.4, 0.5) is 0 Å². The Balaban J connectivity index is 1.48. The lowest BCUT2D eigenvalue weighted by Crippen LogP contribution is -2.56. The van der Waals surface area contributed by atoms with Crippen molar-refractivity contribution < 1.29 is 4.79 Å². The van der Waals surface area contributed by atoms with Gasteiger partial charge in [-0.1, -0.05) is 18.9 Å². The molecule has 0 bridgehead atoms. The fourth-order valence-corrected chi connectivity index (χ4v) is 4.66. The quantitative estimate of drug-likeness (QED) is 0.897. The maximum absolute atomic E-state index is 12.4. The first kappa shape index (κ1) is 15.0. The molecule has 116 valence electrons. The molecule has 2 heterocycles. The molecule has 2 N–H and O–H groups in total. The standard InChI is InChI=1S/C17H26N2OS/c1-12(11-14-6-4-10-21-14)18-17(20)16-9-8-13-5-2-3-7-15(13)19-16/h4,6,10,12-13,15-16,19H,2-3,5,7-9,11H2,1H3,(H,18,20). The molecule has 3 nitrogen and oxygen atoms in total. The summed E-state index contributed by atoms with van der Waals surface area (Å²) in [4.78, 5) is 13.8. The van der Waals surface area contributed by atoms with Crippen LogP contribution in [0.25, 0.3) is 0 Å². The largest absolute Gasteiger partial charge is 0.352 e. The van der Waals surface area contributed by atoms with Crippen LogP contribution in [-0.2, 0) is 11.2 Å². The van der Waals surface area contributed by atoms with E-state index >= 15 is 0 Å². The average molecular weight is 306 g/mol. The van der Waals surface area contributed by atoms with E-state index in [1.807, 2.05) is 0 Å². The van der Waals surface area contributed by atoms with Crippen LogP contribution in [0.2, 0.25) is 0 Å². The smallest absolute Gasteiger partial charge is 0.237 e. The van der Waals surface area contributed by atoms with E-state index in [0.29, 0.717) is 6.04 Å². The summed E-state index contributed by atoms with van der Waals surface area (Å²) in [6.07, 6.45) is 8.44. The van der Waals surface area contributed by atoms with Crippen molar-refractivity contribution >= 4 is 17.2 Å². The second-order valence-electron chi connectivity index (χ2n) is 6.64. The number of fused-ring (bicyclic) bond motifs is 1. The molecule has 21 heavy (non-hydrogen) atoms. The third-order valence-corrected chi connectivity index (χ3v) is 5.84. The Kier molecular flexibility index (Phi) is 4.96. The van der Waals surface area contributed by atoms with Crippen LogP contribution in [0.1, 0.15) is 50.3 Å². The van der Waals surface area contributed by atoms with Crippen LogP contribution in [0.15, 0.2) is 17.5 Å². The van der Waals surface area contributed by atoms with Crippen LogP contribution in [0.3, 0.4) is 0 Å². The van der Waals surface area contributed by atoms with Crippen LogP contribution in [0.5, 0.6) is 0 Å². The predicted octanol–water partition coefficient (Wildman–Crippen LogP) is 3.11. The van der Waals surface area contributed by atoms with E-state index in [4.69, 9.17) is 0 Å². The van der Waals surface area contributed by atoms with E-state index in [2.05, 4.69) is 35.1 Å². The SMILES string of the molecule is CC(Cc1cccs1)NC(=O)C1CCC2CCCCC2N1. The van der Waals surface area contributed by atoms with Crippen molar-refractivity contribution in [1.82, 2.24) is 10.6 Å². The summed E-state index contributed by atoms with van der Waals surface area (Å²) in [6, 6.07) is 5.02. The Morgan fingerprint density at radius 3 is 3.05 bits per heavy atom. The van der Waals surface area contributed by atoms with Gasteiger partial charge in [0.25, 0.3) is 0 Å². The van der Waals surface area contributed by atoms with Gasteiger partial charge in [0, 0.05) is 23.4 Å². The Morgan fingerprint density at radius 1 is 1.38 bits per heavy atom. The lowest BCUT2D eigenvalue weighted by Gasteiger charge is -2.40. The molecular formula is C17H26N2OS. The molecule has 3 rings (SSSR count). The number of hydrogen-bond donors (Lipinski definition) is 2. The molecular weight excluding hydrogens is 280 g/mol. The van der Waals surface area contributed by atoms with Gasteiger partial charge in [-0.2, -0.15) is 0 Å². The Labute approximate surface area is 131 Å². The van der Waals surface area contributed by atoms with Crippen LogP contribution in [-0.4, -0.2) is 24.0 Å². The second-order valence-corrected chi connectivity index (χ2v) is 7.67. The van der Waals surface area contributed by atoms with Crippen molar-refractivity contribution in [3.8, 4) is 0 Å². The number of hydrogen-bond acceptors (Lipinski definition) is 3. The highest BCUT2D eigenvalue weighted by molar-refractivity contribution is 7.09. The summed E-state index contributed by atoms with van der Waals surface area (Å²) in [5, 5.41) is 8.89. The molecule has 2 aliphatic rings. The maximum Gasteiger partial charge on any atom is 0.237 e. The zero-order chi connectivity index (χ0) is 14.7. The molecule has 1 aromatic heterocycles. The molecule has 0 spiro atoms. The van der Waals surface area contributed by atoms with Gasteiger partial charge in [-0.3, -0.25) is 4.79 Å². The molecule has 1 aliphatic carbocycles. The normalized spacial score (nSPS) is 30.4. The summed E-state index contributed by atoms with van der Waals surface area (Å²) in [5.41, 5.74) is 0. The molecule has 0 radical (unpaired) electrons. The highest BCUT2D eigenvalue weighted by atomic mass is 32.1. The number of amides is 1. The van der Waals surface area contributed by atoms with Crippen molar-refractivity contribution in [2.24, 2.45) is 5.92 Å². The van der Waals surface area contributed by atoms with Gasteiger partial charge in [-0.25, -0.2) is 0 Å². The van der Waals surface area contributed by atoms with Crippen molar-refractivity contribution in [2.75, 3.05) is 0 Å². The average Bonchev–Trinajstić information content (AvgIpc) is 2.99. The minimum atomic E-state index is 0.0233. The second kappa shape index (κ2) is 6.93. The molecule has 2 fully saturated rings. The highest BCUT2D eigenvalue weighted by Crippen LogP contribution is 2.32. The van der Waals surface area contributed by atoms with E-state index in [9.17, 15) is 4.79 Å². The monoisotopic (exact) mass is 306 g/mol. The van der Waals surface area contributed by atoms with Gasteiger partial charge >= 0.3 is 0 Å². The zero-order valence-corrected chi connectivity index (χ0v) is 13.6. The Bertz CT molecular complexity index is 459. The van der Waals surface area contributed by atoms with E-state index in [0.717, 1.165) is 18.8 Å². The summed E-state index contributed by atoms with van der Waals surface area (Å²) < 4.78 is 0. The minimum absolute atomic E-state index is 0.0233. The van der Waals surface area contributed by atoms with Gasteiger partial charge in [0.05, 0.1) is 6.04 Å². The van der Waals surface area contributed by atoms with Crippen LogP contribution >= 0.6 is 11.3 Å². The van der Waals surface area contributed by atoms with Gasteiger partial charge in [0.1, 0.15) is 0 Å². The van der Waals surface area contributed by atoms with E-state index in [1.165, 1.54) is 37.0 Å². The molecule has 1 aliphatic heterocycles. The summed E-state index contributed by atoms with van der Waals surface area (Å²) in [6.45, 7) is 2.10. The number of rotatable bonds is 4. The molecule has 1 saturated heterocycles. The number of carbonyl (C=O) groups is 1. The number of nitrogens with one attached hydrogen (secondary N) is 2. The minimum Gasteiger partial charge on any atom is -0.352 e. The number of piperidine rings is 1. The molecule has 1 aromatic rings.